The van der Waals surface area contributed by atoms with E-state index >= 15 is 0 Å². The lowest BCUT2D eigenvalue weighted by molar-refractivity contribution is -0.0670. The highest BCUT2D eigenvalue weighted by molar-refractivity contribution is 5.87. The molecule has 2 aromatic heterocycles. The normalized spacial score (nSPS) is 22.4. The van der Waals surface area contributed by atoms with Crippen molar-refractivity contribution in [3.63, 3.8) is 0 Å². The fraction of sp³-hybridized carbons (Fsp3) is 0.562. The Hall–Kier alpha value is -1.99. The Bertz CT molecular complexity index is 669. The van der Waals surface area contributed by atoms with E-state index in [4.69, 9.17) is 10.5 Å². The lowest BCUT2D eigenvalue weighted by atomic mass is 10.2. The second-order valence-corrected chi connectivity index (χ2v) is 6.24. The number of fused-ring (bicyclic) bond motifs is 1. The first kappa shape index (κ1) is 15.9. The Morgan fingerprint density at radius 3 is 2.74 bits per heavy atom. The number of pyridine rings is 1. The van der Waals surface area contributed by atoms with Crippen LogP contribution < -0.4 is 10.6 Å². The predicted octanol–water partition coefficient (Wildman–Crippen LogP) is 1.15. The van der Waals surface area contributed by atoms with E-state index in [1.165, 1.54) is 0 Å². The molecule has 1 saturated heterocycles. The maximum absolute atomic E-state index is 5.78. The Morgan fingerprint density at radius 2 is 2.00 bits per heavy atom. The van der Waals surface area contributed by atoms with Crippen LogP contribution in [0, 0.1) is 0 Å². The monoisotopic (exact) mass is 316 g/mol. The van der Waals surface area contributed by atoms with Gasteiger partial charge in [-0.05, 0) is 26.0 Å². The Kier molecular flexibility index (Phi) is 4.58. The van der Waals surface area contributed by atoms with Gasteiger partial charge in [-0.3, -0.25) is 4.90 Å². The van der Waals surface area contributed by atoms with Gasteiger partial charge in [0.2, 0.25) is 0 Å². The molecule has 0 aromatic carbocycles. The van der Waals surface area contributed by atoms with Crippen molar-refractivity contribution in [2.24, 2.45) is 0 Å². The highest BCUT2D eigenvalue weighted by atomic mass is 16.5. The third kappa shape index (κ3) is 3.68. The van der Waals surface area contributed by atoms with E-state index in [2.05, 4.69) is 38.6 Å². The van der Waals surface area contributed by atoms with Gasteiger partial charge in [0.15, 0.2) is 5.65 Å². The van der Waals surface area contributed by atoms with Crippen molar-refractivity contribution < 1.29 is 4.74 Å². The Morgan fingerprint density at radius 1 is 1.26 bits per heavy atom. The molecule has 2 atom stereocenters. The summed E-state index contributed by atoms with van der Waals surface area (Å²) in [6.45, 7) is 8.06. The van der Waals surface area contributed by atoms with Crippen LogP contribution in [0.3, 0.4) is 0 Å². The lowest BCUT2D eigenvalue weighted by Crippen LogP contribution is -2.47. The molecule has 0 unspecified atom stereocenters. The molecule has 0 saturated carbocycles. The Balaban J connectivity index is 1.70. The number of morpholine rings is 1. The van der Waals surface area contributed by atoms with Crippen LogP contribution in [0.15, 0.2) is 18.5 Å². The zero-order valence-electron chi connectivity index (χ0n) is 13.9. The van der Waals surface area contributed by atoms with E-state index in [9.17, 15) is 0 Å². The zero-order chi connectivity index (χ0) is 16.4. The molecule has 2 aromatic rings. The average Bonchev–Trinajstić information content (AvgIpc) is 2.51. The first-order valence-electron chi connectivity index (χ1n) is 7.99. The summed E-state index contributed by atoms with van der Waals surface area (Å²) in [5.74, 6) is 1.36. The molecule has 7 heteroatoms. The summed E-state index contributed by atoms with van der Waals surface area (Å²) in [7, 11) is 2.05. The third-order valence-corrected chi connectivity index (χ3v) is 4.11. The third-order valence-electron chi connectivity index (χ3n) is 4.11. The summed E-state index contributed by atoms with van der Waals surface area (Å²) in [6, 6.07) is 3.72. The molecule has 0 bridgehead atoms. The maximum Gasteiger partial charge on any atom is 0.166 e. The van der Waals surface area contributed by atoms with E-state index in [1.807, 2.05) is 13.1 Å². The van der Waals surface area contributed by atoms with Gasteiger partial charge in [-0.1, -0.05) is 0 Å². The smallest absolute Gasteiger partial charge is 0.166 e. The molecule has 3 heterocycles. The molecule has 3 rings (SSSR count). The Labute approximate surface area is 136 Å². The van der Waals surface area contributed by atoms with Crippen molar-refractivity contribution >= 4 is 22.7 Å². The van der Waals surface area contributed by atoms with E-state index in [1.54, 1.807) is 12.4 Å². The summed E-state index contributed by atoms with van der Waals surface area (Å²) in [5, 5.41) is 0.924. The highest BCUT2D eigenvalue weighted by Crippen LogP contribution is 2.21. The van der Waals surface area contributed by atoms with Crippen LogP contribution in [0.1, 0.15) is 13.8 Å². The van der Waals surface area contributed by atoms with Crippen molar-refractivity contribution in [3.05, 3.63) is 18.5 Å². The first-order valence-corrected chi connectivity index (χ1v) is 7.99. The maximum atomic E-state index is 5.78. The van der Waals surface area contributed by atoms with E-state index < -0.39 is 0 Å². The van der Waals surface area contributed by atoms with Crippen LogP contribution in [0.4, 0.5) is 11.6 Å². The quantitative estimate of drug-likeness (QED) is 0.906. The number of likely N-dealkylation sites (N-methyl/N-ethyl adjacent to an activating group) is 1. The molecule has 0 aliphatic carbocycles. The van der Waals surface area contributed by atoms with Crippen molar-refractivity contribution in [3.8, 4) is 0 Å². The molecule has 1 aliphatic heterocycles. The van der Waals surface area contributed by atoms with Crippen molar-refractivity contribution in [1.29, 1.82) is 0 Å². The van der Waals surface area contributed by atoms with E-state index in [0.717, 1.165) is 37.4 Å². The summed E-state index contributed by atoms with van der Waals surface area (Å²) in [4.78, 5) is 17.5. The second-order valence-electron chi connectivity index (χ2n) is 6.24. The molecule has 0 spiro atoms. The fourth-order valence-electron chi connectivity index (χ4n) is 3.11. The van der Waals surface area contributed by atoms with Gasteiger partial charge in [0.25, 0.3) is 0 Å². The molecule has 1 fully saturated rings. The zero-order valence-corrected chi connectivity index (χ0v) is 13.9. The van der Waals surface area contributed by atoms with Crippen LogP contribution in [-0.4, -0.2) is 65.3 Å². The molecular weight excluding hydrogens is 292 g/mol. The molecule has 23 heavy (non-hydrogen) atoms. The SMILES string of the molecule is C[C@@H]1CN(CCN(C)c2ncnc3nc(N)ccc23)C[C@H](C)O1. The number of hydrogen-bond donors (Lipinski definition) is 1. The molecule has 1 aliphatic rings. The van der Waals surface area contributed by atoms with Crippen molar-refractivity contribution in [2.75, 3.05) is 43.9 Å². The van der Waals surface area contributed by atoms with Gasteiger partial charge in [-0.25, -0.2) is 15.0 Å². The number of aromatic nitrogens is 3. The molecule has 2 N–H and O–H groups in total. The molecular formula is C16H24N6O. The van der Waals surface area contributed by atoms with Gasteiger partial charge < -0.3 is 15.4 Å². The van der Waals surface area contributed by atoms with Crippen molar-refractivity contribution in [1.82, 2.24) is 19.9 Å². The lowest BCUT2D eigenvalue weighted by Gasteiger charge is -2.36. The number of nitrogens with zero attached hydrogens (tertiary/aromatic N) is 5. The summed E-state index contributed by atoms with van der Waals surface area (Å²) in [5.41, 5.74) is 6.36. The molecule has 124 valence electrons. The minimum Gasteiger partial charge on any atom is -0.384 e. The standard InChI is InChI=1S/C16H24N6O/c1-11-8-22(9-12(2)23-11)7-6-21(3)16-13-4-5-14(17)20-15(13)18-10-19-16/h4-5,10-12H,6-9H2,1-3H3,(H2,17,18,19,20)/t11-,12+. The van der Waals surface area contributed by atoms with Crippen LogP contribution in [-0.2, 0) is 4.74 Å². The highest BCUT2D eigenvalue weighted by Gasteiger charge is 2.22. The average molecular weight is 316 g/mol. The molecule has 0 amide bonds. The molecule has 7 nitrogen and oxygen atoms in total. The minimum absolute atomic E-state index is 0.288. The largest absolute Gasteiger partial charge is 0.384 e. The van der Waals surface area contributed by atoms with Crippen molar-refractivity contribution in [2.45, 2.75) is 26.1 Å². The van der Waals surface area contributed by atoms with Gasteiger partial charge >= 0.3 is 0 Å². The molecule has 0 radical (unpaired) electrons. The number of rotatable bonds is 4. The van der Waals surface area contributed by atoms with Gasteiger partial charge in [0, 0.05) is 33.2 Å². The van der Waals surface area contributed by atoms with Gasteiger partial charge in [0.05, 0.1) is 17.6 Å². The number of anilines is 2. The fourth-order valence-corrected chi connectivity index (χ4v) is 3.11. The van der Waals surface area contributed by atoms with Gasteiger partial charge in [-0.2, -0.15) is 0 Å². The van der Waals surface area contributed by atoms with Crippen LogP contribution in [0.5, 0.6) is 0 Å². The number of nitrogen functional groups attached to an aromatic ring is 1. The van der Waals surface area contributed by atoms with Gasteiger partial charge in [0.1, 0.15) is 18.0 Å². The van der Waals surface area contributed by atoms with E-state index in [0.29, 0.717) is 11.5 Å². The van der Waals surface area contributed by atoms with Gasteiger partial charge in [-0.15, -0.1) is 0 Å². The number of ether oxygens (including phenoxy) is 1. The van der Waals surface area contributed by atoms with E-state index in [-0.39, 0.29) is 12.2 Å². The first-order chi connectivity index (χ1) is 11.0. The second kappa shape index (κ2) is 6.64. The topological polar surface area (TPSA) is 80.4 Å². The summed E-state index contributed by atoms with van der Waals surface area (Å²) in [6.07, 6.45) is 2.12. The predicted molar refractivity (Wildman–Crippen MR) is 91.5 cm³/mol. The minimum atomic E-state index is 0.288. The van der Waals surface area contributed by atoms with Crippen LogP contribution in [0.25, 0.3) is 11.0 Å². The summed E-state index contributed by atoms with van der Waals surface area (Å²) >= 11 is 0. The number of hydrogen-bond acceptors (Lipinski definition) is 7. The van der Waals surface area contributed by atoms with Crippen LogP contribution in [0.2, 0.25) is 0 Å². The number of nitrogens with two attached hydrogens (primary N) is 1. The summed E-state index contributed by atoms with van der Waals surface area (Å²) < 4.78 is 5.78. The van der Waals surface area contributed by atoms with Crippen LogP contribution >= 0.6 is 0 Å².